The molecule has 0 saturated carbocycles. The maximum atomic E-state index is 11.9. The highest BCUT2D eigenvalue weighted by atomic mass is 16.5. The van der Waals surface area contributed by atoms with E-state index in [1.54, 1.807) is 0 Å². The van der Waals surface area contributed by atoms with Crippen LogP contribution in [0.4, 0.5) is 4.79 Å². The molecule has 1 unspecified atom stereocenters. The molecule has 2 fully saturated rings. The second-order valence-corrected chi connectivity index (χ2v) is 5.88. The lowest BCUT2D eigenvalue weighted by atomic mass is 9.85. The Bertz CT molecular complexity index is 299. The molecule has 5 nitrogen and oxygen atoms in total. The standard InChI is InChI=1S/C13H25N3O2/c1-10(2)9-15-12(17)16-6-4-13(5-7-16)11(14)3-8-18-13/h10-11H,3-9,14H2,1-2H3,(H,15,17). The average molecular weight is 255 g/mol. The number of rotatable bonds is 2. The summed E-state index contributed by atoms with van der Waals surface area (Å²) < 4.78 is 5.84. The number of piperidine rings is 1. The molecule has 1 atom stereocenters. The van der Waals surface area contributed by atoms with Crippen LogP contribution in [-0.4, -0.2) is 48.8 Å². The Morgan fingerprint density at radius 3 is 2.67 bits per heavy atom. The van der Waals surface area contributed by atoms with Gasteiger partial charge < -0.3 is 20.7 Å². The first-order valence-electron chi connectivity index (χ1n) is 6.96. The van der Waals surface area contributed by atoms with Crippen LogP contribution >= 0.6 is 0 Å². The molecule has 2 heterocycles. The molecule has 3 N–H and O–H groups in total. The van der Waals surface area contributed by atoms with Crippen molar-refractivity contribution in [3.05, 3.63) is 0 Å². The second-order valence-electron chi connectivity index (χ2n) is 5.88. The van der Waals surface area contributed by atoms with E-state index >= 15 is 0 Å². The van der Waals surface area contributed by atoms with Crippen LogP contribution in [-0.2, 0) is 4.74 Å². The van der Waals surface area contributed by atoms with Gasteiger partial charge in [0.2, 0.25) is 0 Å². The third-order valence-electron chi connectivity index (χ3n) is 4.05. The van der Waals surface area contributed by atoms with Crippen molar-refractivity contribution >= 4 is 6.03 Å². The molecule has 2 aliphatic heterocycles. The molecule has 0 radical (unpaired) electrons. The maximum Gasteiger partial charge on any atom is 0.317 e. The van der Waals surface area contributed by atoms with Crippen LogP contribution in [0.15, 0.2) is 0 Å². The number of nitrogens with zero attached hydrogens (tertiary/aromatic N) is 1. The summed E-state index contributed by atoms with van der Waals surface area (Å²) >= 11 is 0. The summed E-state index contributed by atoms with van der Waals surface area (Å²) in [4.78, 5) is 13.8. The zero-order chi connectivity index (χ0) is 13.2. The zero-order valence-electron chi connectivity index (χ0n) is 11.4. The molecule has 0 aliphatic carbocycles. The van der Waals surface area contributed by atoms with Gasteiger partial charge in [0, 0.05) is 32.3 Å². The number of hydrogen-bond donors (Lipinski definition) is 2. The van der Waals surface area contributed by atoms with E-state index in [4.69, 9.17) is 10.5 Å². The van der Waals surface area contributed by atoms with Gasteiger partial charge in [0.15, 0.2) is 0 Å². The van der Waals surface area contributed by atoms with Crippen LogP contribution < -0.4 is 11.1 Å². The van der Waals surface area contributed by atoms with Gasteiger partial charge in [0.05, 0.1) is 5.60 Å². The fourth-order valence-corrected chi connectivity index (χ4v) is 2.77. The fraction of sp³-hybridized carbons (Fsp3) is 0.923. The molecular formula is C13H25N3O2. The third kappa shape index (κ3) is 2.78. The van der Waals surface area contributed by atoms with Crippen LogP contribution in [0.1, 0.15) is 33.1 Å². The van der Waals surface area contributed by atoms with Crippen LogP contribution in [0, 0.1) is 5.92 Å². The minimum atomic E-state index is -0.158. The normalized spacial score (nSPS) is 26.9. The van der Waals surface area contributed by atoms with E-state index in [9.17, 15) is 4.79 Å². The van der Waals surface area contributed by atoms with E-state index < -0.39 is 0 Å². The van der Waals surface area contributed by atoms with Gasteiger partial charge >= 0.3 is 6.03 Å². The van der Waals surface area contributed by atoms with E-state index in [-0.39, 0.29) is 17.7 Å². The van der Waals surface area contributed by atoms with Crippen molar-refractivity contribution in [3.63, 3.8) is 0 Å². The smallest absolute Gasteiger partial charge is 0.317 e. The first-order valence-corrected chi connectivity index (χ1v) is 6.96. The van der Waals surface area contributed by atoms with Crippen molar-refractivity contribution in [2.75, 3.05) is 26.2 Å². The van der Waals surface area contributed by atoms with Crippen molar-refractivity contribution in [2.45, 2.75) is 44.8 Å². The molecule has 5 heteroatoms. The highest BCUT2D eigenvalue weighted by Crippen LogP contribution is 2.34. The van der Waals surface area contributed by atoms with Gasteiger partial charge in [0.1, 0.15) is 0 Å². The topological polar surface area (TPSA) is 67.6 Å². The molecule has 0 aromatic carbocycles. The SMILES string of the molecule is CC(C)CNC(=O)N1CCC2(CC1)OCCC2N. The lowest BCUT2D eigenvalue weighted by molar-refractivity contribution is -0.0438. The fourth-order valence-electron chi connectivity index (χ4n) is 2.77. The van der Waals surface area contributed by atoms with E-state index in [1.165, 1.54) is 0 Å². The van der Waals surface area contributed by atoms with Crippen LogP contribution in [0.25, 0.3) is 0 Å². The van der Waals surface area contributed by atoms with Crippen molar-refractivity contribution in [2.24, 2.45) is 11.7 Å². The predicted molar refractivity (Wildman–Crippen MR) is 70.3 cm³/mol. The monoisotopic (exact) mass is 255 g/mol. The van der Waals surface area contributed by atoms with E-state index in [0.717, 1.165) is 45.5 Å². The van der Waals surface area contributed by atoms with E-state index in [1.807, 2.05) is 4.90 Å². The number of urea groups is 1. The zero-order valence-corrected chi connectivity index (χ0v) is 11.4. The summed E-state index contributed by atoms with van der Waals surface area (Å²) in [5.74, 6) is 0.483. The molecule has 0 bridgehead atoms. The van der Waals surface area contributed by atoms with Gasteiger partial charge in [-0.1, -0.05) is 13.8 Å². The largest absolute Gasteiger partial charge is 0.373 e. The molecule has 0 aromatic heterocycles. The summed E-state index contributed by atoms with van der Waals surface area (Å²) in [6, 6.07) is 0.184. The highest BCUT2D eigenvalue weighted by molar-refractivity contribution is 5.74. The number of amides is 2. The molecular weight excluding hydrogens is 230 g/mol. The van der Waals surface area contributed by atoms with Crippen molar-refractivity contribution in [1.82, 2.24) is 10.2 Å². The number of hydrogen-bond acceptors (Lipinski definition) is 3. The third-order valence-corrected chi connectivity index (χ3v) is 4.05. The Morgan fingerprint density at radius 1 is 1.50 bits per heavy atom. The molecule has 2 saturated heterocycles. The highest BCUT2D eigenvalue weighted by Gasteiger charge is 2.45. The first-order chi connectivity index (χ1) is 8.53. The summed E-state index contributed by atoms with van der Waals surface area (Å²) in [5.41, 5.74) is 5.96. The molecule has 18 heavy (non-hydrogen) atoms. The number of nitrogens with two attached hydrogens (primary N) is 1. The Hall–Kier alpha value is -0.810. The number of ether oxygens (including phenoxy) is 1. The Balaban J connectivity index is 1.81. The summed E-state index contributed by atoms with van der Waals surface area (Å²) in [6.45, 7) is 7.18. The molecule has 0 aromatic rings. The van der Waals surface area contributed by atoms with Crippen molar-refractivity contribution in [3.8, 4) is 0 Å². The molecule has 2 rings (SSSR count). The lowest BCUT2D eigenvalue weighted by Crippen LogP contribution is -2.55. The number of carbonyl (C=O) groups excluding carboxylic acids is 1. The molecule has 2 aliphatic rings. The molecule has 2 amide bonds. The van der Waals surface area contributed by atoms with Crippen LogP contribution in [0.5, 0.6) is 0 Å². The Labute approximate surface area is 109 Å². The average Bonchev–Trinajstić information content (AvgIpc) is 2.69. The lowest BCUT2D eigenvalue weighted by Gasteiger charge is -2.41. The van der Waals surface area contributed by atoms with Crippen LogP contribution in [0.3, 0.4) is 0 Å². The minimum absolute atomic E-state index is 0.0464. The summed E-state index contributed by atoms with van der Waals surface area (Å²) in [6.07, 6.45) is 2.67. The minimum Gasteiger partial charge on any atom is -0.373 e. The van der Waals surface area contributed by atoms with Gasteiger partial charge in [-0.25, -0.2) is 4.79 Å². The summed E-state index contributed by atoms with van der Waals surface area (Å²) in [7, 11) is 0. The van der Waals surface area contributed by atoms with Crippen molar-refractivity contribution < 1.29 is 9.53 Å². The predicted octanol–water partition coefficient (Wildman–Crippen LogP) is 0.934. The van der Waals surface area contributed by atoms with Gasteiger partial charge in [-0.3, -0.25) is 0 Å². The Morgan fingerprint density at radius 2 is 2.17 bits per heavy atom. The Kier molecular flexibility index (Phi) is 4.12. The maximum absolute atomic E-state index is 11.9. The number of nitrogens with one attached hydrogen (secondary N) is 1. The van der Waals surface area contributed by atoms with E-state index in [2.05, 4.69) is 19.2 Å². The quantitative estimate of drug-likeness (QED) is 0.771. The second kappa shape index (κ2) is 5.45. The molecule has 104 valence electrons. The van der Waals surface area contributed by atoms with Gasteiger partial charge in [-0.05, 0) is 25.2 Å². The first kappa shape index (κ1) is 13.6. The van der Waals surface area contributed by atoms with Crippen molar-refractivity contribution in [1.29, 1.82) is 0 Å². The van der Waals surface area contributed by atoms with Crippen LogP contribution in [0.2, 0.25) is 0 Å². The summed E-state index contributed by atoms with van der Waals surface area (Å²) in [5, 5.41) is 2.96. The van der Waals surface area contributed by atoms with E-state index in [0.29, 0.717) is 5.92 Å². The van der Waals surface area contributed by atoms with Gasteiger partial charge in [0.25, 0.3) is 0 Å². The number of likely N-dealkylation sites (tertiary alicyclic amines) is 1. The number of carbonyl (C=O) groups is 1. The molecule has 1 spiro atoms. The van der Waals surface area contributed by atoms with Gasteiger partial charge in [-0.2, -0.15) is 0 Å². The van der Waals surface area contributed by atoms with Gasteiger partial charge in [-0.15, -0.1) is 0 Å².